The Morgan fingerprint density at radius 3 is 2.50 bits per heavy atom. The normalized spacial score (nSPS) is 12.6. The molecule has 8 heavy (non-hydrogen) atoms. The van der Waals surface area contributed by atoms with Gasteiger partial charge in [-0.3, -0.25) is 0 Å². The first-order valence-corrected chi connectivity index (χ1v) is 2.19. The third-order valence-electron chi connectivity index (χ3n) is 0.635. The van der Waals surface area contributed by atoms with E-state index in [2.05, 4.69) is 4.89 Å². The lowest BCUT2D eigenvalue weighted by Gasteiger charge is -2.11. The van der Waals surface area contributed by atoms with Crippen molar-refractivity contribution in [3.63, 3.8) is 0 Å². The fourth-order valence-corrected chi connectivity index (χ4v) is 0.124. The van der Waals surface area contributed by atoms with Gasteiger partial charge in [0.05, 0.1) is 5.41 Å². The van der Waals surface area contributed by atoms with Crippen molar-refractivity contribution in [2.45, 2.75) is 20.7 Å². The zero-order valence-corrected chi connectivity index (χ0v) is 4.97. The molecular weight excluding hydrogens is 108 g/mol. The average Bonchev–Trinajstić information content (AvgIpc) is 1.86. The van der Waals surface area contributed by atoms with Crippen LogP contribution in [0.3, 0.4) is 0 Å². The maximum Gasteiger partial charge on any atom is 0.347 e. The Morgan fingerprint density at radius 1 is 1.88 bits per heavy atom. The van der Waals surface area contributed by atoms with Crippen LogP contribution in [0.2, 0.25) is 0 Å². The van der Waals surface area contributed by atoms with E-state index in [-0.39, 0.29) is 6.90 Å². The molecule has 0 heterocycles. The van der Waals surface area contributed by atoms with Gasteiger partial charge in [0, 0.05) is 1.37 Å². The molecule has 3 nitrogen and oxygen atoms in total. The molecule has 0 saturated heterocycles. The topological polar surface area (TPSA) is 46.5 Å². The lowest BCUT2D eigenvalue weighted by Crippen LogP contribution is -2.21. The molecule has 3 heteroatoms. The summed E-state index contributed by atoms with van der Waals surface area (Å²) in [5, 5.41) is 7.87. The first-order chi connectivity index (χ1) is 4.04. The van der Waals surface area contributed by atoms with Crippen molar-refractivity contribution in [3.05, 3.63) is 0 Å². The highest BCUT2D eigenvalue weighted by Crippen LogP contribution is 2.13. The van der Waals surface area contributed by atoms with E-state index in [9.17, 15) is 4.79 Å². The average molecular weight is 119 g/mol. The molecule has 0 atom stereocenters. The van der Waals surface area contributed by atoms with Gasteiger partial charge in [-0.2, -0.15) is 5.26 Å². The minimum atomic E-state index is -0.894. The molecule has 0 aromatic carbocycles. The highest BCUT2D eigenvalue weighted by Gasteiger charge is 2.22. The van der Waals surface area contributed by atoms with E-state index in [0.29, 0.717) is 0 Å². The third-order valence-corrected chi connectivity index (χ3v) is 0.635. The van der Waals surface area contributed by atoms with Crippen molar-refractivity contribution < 1.29 is 16.3 Å². The summed E-state index contributed by atoms with van der Waals surface area (Å²) in [6.45, 7) is 2.96. The summed E-state index contributed by atoms with van der Waals surface area (Å²) < 4.78 is 6.83. The Kier molecular flexibility index (Phi) is 1.48. The molecule has 0 spiro atoms. The minimum Gasteiger partial charge on any atom is -0.300 e. The lowest BCUT2D eigenvalue weighted by molar-refractivity contribution is -0.243. The number of hydrogen-bond acceptors (Lipinski definition) is 3. The molecule has 0 rings (SSSR count). The molecule has 0 saturated carbocycles. The molecule has 0 radical (unpaired) electrons. The standard InChI is InChI=1S/C5H10O3/c1-5(2,3)4(6)8-7/h7H,1-3H3/i1D. The highest BCUT2D eigenvalue weighted by atomic mass is 17.1. The summed E-state index contributed by atoms with van der Waals surface area (Å²) in [6.07, 6.45) is 0. The summed E-state index contributed by atoms with van der Waals surface area (Å²) >= 11 is 0. The van der Waals surface area contributed by atoms with Crippen LogP contribution in [0, 0.1) is 5.41 Å². The number of hydrogen-bond donors (Lipinski definition) is 1. The highest BCUT2D eigenvalue weighted by molar-refractivity contribution is 5.74. The molecular formula is C5H10O3. The van der Waals surface area contributed by atoms with Crippen LogP contribution in [-0.2, 0) is 9.68 Å². The second kappa shape index (κ2) is 2.13. The molecule has 0 aliphatic heterocycles. The number of carbonyl (C=O) groups excluding carboxylic acids is 1. The van der Waals surface area contributed by atoms with Crippen molar-refractivity contribution in [2.75, 3.05) is 0 Å². The molecule has 0 bridgehead atoms. The van der Waals surface area contributed by atoms with E-state index in [1.165, 1.54) is 13.8 Å². The molecule has 0 fully saturated rings. The van der Waals surface area contributed by atoms with Crippen LogP contribution < -0.4 is 0 Å². The summed E-state index contributed by atoms with van der Waals surface area (Å²) in [5.74, 6) is -0.766. The lowest BCUT2D eigenvalue weighted by atomic mass is 9.98. The fraction of sp³-hybridized carbons (Fsp3) is 0.800. The summed E-state index contributed by atoms with van der Waals surface area (Å²) in [4.78, 5) is 13.9. The van der Waals surface area contributed by atoms with Crippen LogP contribution in [0.4, 0.5) is 0 Å². The Morgan fingerprint density at radius 2 is 2.38 bits per heavy atom. The van der Waals surface area contributed by atoms with E-state index < -0.39 is 11.4 Å². The van der Waals surface area contributed by atoms with Gasteiger partial charge >= 0.3 is 5.97 Å². The van der Waals surface area contributed by atoms with Gasteiger partial charge < -0.3 is 4.89 Å². The molecule has 0 aromatic rings. The largest absolute Gasteiger partial charge is 0.347 e. The zero-order chi connectivity index (χ0) is 7.49. The monoisotopic (exact) mass is 119 g/mol. The van der Waals surface area contributed by atoms with Crippen molar-refractivity contribution in [3.8, 4) is 0 Å². The van der Waals surface area contributed by atoms with Crippen LogP contribution in [0.1, 0.15) is 22.1 Å². The van der Waals surface area contributed by atoms with Gasteiger partial charge in [-0.15, -0.1) is 0 Å². The summed E-state index contributed by atoms with van der Waals surface area (Å²) in [7, 11) is 0. The molecule has 0 unspecified atom stereocenters. The molecule has 0 aliphatic rings. The predicted octanol–water partition coefficient (Wildman–Crippen LogP) is 1.05. The first kappa shape index (κ1) is 5.56. The fourth-order valence-electron chi connectivity index (χ4n) is 0.124. The SMILES string of the molecule is [2H]CC(C)(C)C(=O)OO. The second-order valence-corrected chi connectivity index (χ2v) is 2.26. The van der Waals surface area contributed by atoms with Crippen LogP contribution in [-0.4, -0.2) is 11.2 Å². The van der Waals surface area contributed by atoms with Crippen LogP contribution in [0.5, 0.6) is 0 Å². The minimum absolute atomic E-state index is 0.0909. The second-order valence-electron chi connectivity index (χ2n) is 2.26. The van der Waals surface area contributed by atoms with Gasteiger partial charge in [-0.25, -0.2) is 4.79 Å². The summed E-state index contributed by atoms with van der Waals surface area (Å²) in [5.41, 5.74) is -0.894. The molecule has 1 N–H and O–H groups in total. The third kappa shape index (κ3) is 1.93. The number of rotatable bonds is 0. The molecule has 0 aliphatic carbocycles. The van der Waals surface area contributed by atoms with Crippen molar-refractivity contribution >= 4 is 5.97 Å². The van der Waals surface area contributed by atoms with E-state index in [1.54, 1.807) is 0 Å². The van der Waals surface area contributed by atoms with E-state index in [0.717, 1.165) is 0 Å². The Balaban J connectivity index is 3.97. The molecule has 48 valence electrons. The van der Waals surface area contributed by atoms with Gasteiger partial charge in [0.1, 0.15) is 0 Å². The van der Waals surface area contributed by atoms with Crippen LogP contribution in [0.25, 0.3) is 0 Å². The molecule has 0 aromatic heterocycles. The maximum absolute atomic E-state index is 10.5. The zero-order valence-electron chi connectivity index (χ0n) is 5.97. The smallest absolute Gasteiger partial charge is 0.300 e. The Hall–Kier alpha value is -0.570. The van der Waals surface area contributed by atoms with Crippen LogP contribution in [0.15, 0.2) is 0 Å². The van der Waals surface area contributed by atoms with Gasteiger partial charge in [0.2, 0.25) is 0 Å². The maximum atomic E-state index is 10.5. The quantitative estimate of drug-likeness (QED) is 0.383. The van der Waals surface area contributed by atoms with Gasteiger partial charge in [0.25, 0.3) is 0 Å². The van der Waals surface area contributed by atoms with Gasteiger partial charge in [0.15, 0.2) is 0 Å². The Labute approximate surface area is 49.6 Å². The van der Waals surface area contributed by atoms with Gasteiger partial charge in [-0.1, -0.05) is 0 Å². The van der Waals surface area contributed by atoms with Crippen molar-refractivity contribution in [1.82, 2.24) is 0 Å². The van der Waals surface area contributed by atoms with Crippen molar-refractivity contribution in [1.29, 1.82) is 0 Å². The van der Waals surface area contributed by atoms with Gasteiger partial charge in [-0.05, 0) is 20.7 Å². The predicted molar refractivity (Wildman–Crippen MR) is 28.2 cm³/mol. The first-order valence-electron chi connectivity index (χ1n) is 2.90. The number of carbonyl (C=O) groups is 1. The van der Waals surface area contributed by atoms with E-state index in [1.807, 2.05) is 0 Å². The van der Waals surface area contributed by atoms with E-state index >= 15 is 0 Å². The van der Waals surface area contributed by atoms with Crippen LogP contribution >= 0.6 is 0 Å². The Bertz CT molecular complexity index is 111. The summed E-state index contributed by atoms with van der Waals surface area (Å²) in [6, 6.07) is 0. The molecule has 0 amide bonds. The van der Waals surface area contributed by atoms with Crippen molar-refractivity contribution in [2.24, 2.45) is 5.41 Å². The van der Waals surface area contributed by atoms with E-state index in [4.69, 9.17) is 6.63 Å².